The minimum absolute atomic E-state index is 0.0876. The van der Waals surface area contributed by atoms with Gasteiger partial charge in [-0.25, -0.2) is 0 Å². The van der Waals surface area contributed by atoms with Crippen LogP contribution in [0, 0.1) is 6.92 Å². The molecule has 0 saturated carbocycles. The number of nitrogens with zero attached hydrogens (tertiary/aromatic N) is 1. The largest absolute Gasteiger partial charge is 0.256 e. The summed E-state index contributed by atoms with van der Waals surface area (Å²) in [4.78, 5) is 4.56. The summed E-state index contributed by atoms with van der Waals surface area (Å²) in [7, 11) is 0. The fourth-order valence-corrected chi connectivity index (χ4v) is 2.92. The molecule has 0 unspecified atom stereocenters. The topological polar surface area (TPSA) is 12.9 Å². The number of aromatic nitrogens is 1. The molecule has 0 amide bonds. The molecule has 0 saturated heterocycles. The second-order valence-electron chi connectivity index (χ2n) is 5.02. The molecule has 2 aromatic rings. The lowest BCUT2D eigenvalue weighted by Gasteiger charge is -2.22. The summed E-state index contributed by atoms with van der Waals surface area (Å²) in [6.07, 6.45) is 1.91. The van der Waals surface area contributed by atoms with Crippen LogP contribution in [0.4, 0.5) is 0 Å². The molecule has 1 nitrogen and oxygen atoms in total. The minimum Gasteiger partial charge on any atom is -0.256 e. The highest BCUT2D eigenvalue weighted by Gasteiger charge is 2.36. The zero-order valence-electron chi connectivity index (χ0n) is 9.91. The van der Waals surface area contributed by atoms with E-state index >= 15 is 0 Å². The zero-order valence-corrected chi connectivity index (χ0v) is 9.91. The van der Waals surface area contributed by atoms with E-state index in [9.17, 15) is 0 Å². The van der Waals surface area contributed by atoms with Crippen LogP contribution in [0.15, 0.2) is 36.5 Å². The number of rotatable bonds is 0. The van der Waals surface area contributed by atoms with Gasteiger partial charge in [0.15, 0.2) is 0 Å². The molecule has 0 spiro atoms. The van der Waals surface area contributed by atoms with Gasteiger partial charge in [-0.3, -0.25) is 4.98 Å². The highest BCUT2D eigenvalue weighted by atomic mass is 14.7. The van der Waals surface area contributed by atoms with Gasteiger partial charge >= 0.3 is 0 Å². The smallest absolute Gasteiger partial charge is 0.0748 e. The molecule has 16 heavy (non-hydrogen) atoms. The normalized spacial score (nSPS) is 15.7. The first-order chi connectivity index (χ1) is 7.62. The summed E-state index contributed by atoms with van der Waals surface area (Å²) in [6, 6.07) is 10.7. The zero-order chi connectivity index (χ0) is 11.3. The average Bonchev–Trinajstić information content (AvgIpc) is 2.50. The highest BCUT2D eigenvalue weighted by Crippen LogP contribution is 2.48. The maximum Gasteiger partial charge on any atom is 0.0748 e. The maximum absolute atomic E-state index is 4.56. The van der Waals surface area contributed by atoms with Gasteiger partial charge in [-0.1, -0.05) is 38.1 Å². The van der Waals surface area contributed by atoms with Crippen LogP contribution in [0.1, 0.15) is 30.5 Å². The van der Waals surface area contributed by atoms with Crippen LogP contribution in [0.2, 0.25) is 0 Å². The summed E-state index contributed by atoms with van der Waals surface area (Å²) >= 11 is 0. The van der Waals surface area contributed by atoms with E-state index in [0.717, 1.165) is 0 Å². The molecule has 0 fully saturated rings. The predicted octanol–water partition coefficient (Wildman–Crippen LogP) is 3.70. The monoisotopic (exact) mass is 209 g/mol. The number of pyridine rings is 1. The lowest BCUT2D eigenvalue weighted by Crippen LogP contribution is -2.16. The van der Waals surface area contributed by atoms with Gasteiger partial charge in [0, 0.05) is 17.2 Å². The van der Waals surface area contributed by atoms with Crippen molar-refractivity contribution in [2.45, 2.75) is 26.2 Å². The molecule has 1 heterocycles. The van der Waals surface area contributed by atoms with Gasteiger partial charge in [0.1, 0.15) is 0 Å². The molecule has 80 valence electrons. The van der Waals surface area contributed by atoms with Gasteiger partial charge in [-0.15, -0.1) is 0 Å². The standard InChI is InChI=1S/C15H15N/c1-10-8-9-16-14-11-6-4-5-7-12(11)15(2,3)13(10)14/h4-9H,1-3H3. The van der Waals surface area contributed by atoms with Crippen LogP contribution in [-0.2, 0) is 5.41 Å². The molecule has 1 aromatic heterocycles. The van der Waals surface area contributed by atoms with Crippen molar-refractivity contribution in [3.8, 4) is 11.3 Å². The lowest BCUT2D eigenvalue weighted by molar-refractivity contribution is 0.654. The molecule has 0 atom stereocenters. The van der Waals surface area contributed by atoms with E-state index in [4.69, 9.17) is 0 Å². The van der Waals surface area contributed by atoms with E-state index in [0.29, 0.717) is 0 Å². The van der Waals surface area contributed by atoms with E-state index in [-0.39, 0.29) is 5.41 Å². The summed E-state index contributed by atoms with van der Waals surface area (Å²) < 4.78 is 0. The van der Waals surface area contributed by atoms with Gasteiger partial charge < -0.3 is 0 Å². The van der Waals surface area contributed by atoms with Crippen molar-refractivity contribution >= 4 is 0 Å². The first-order valence-corrected chi connectivity index (χ1v) is 5.68. The number of fused-ring (bicyclic) bond motifs is 3. The van der Waals surface area contributed by atoms with E-state index in [1.807, 2.05) is 6.20 Å². The maximum atomic E-state index is 4.56. The molecule has 0 radical (unpaired) electrons. The van der Waals surface area contributed by atoms with Crippen molar-refractivity contribution in [2.75, 3.05) is 0 Å². The third kappa shape index (κ3) is 1.03. The second kappa shape index (κ2) is 2.94. The third-order valence-corrected chi connectivity index (χ3v) is 3.64. The van der Waals surface area contributed by atoms with Gasteiger partial charge in [-0.2, -0.15) is 0 Å². The van der Waals surface area contributed by atoms with Crippen LogP contribution >= 0.6 is 0 Å². The van der Waals surface area contributed by atoms with Crippen LogP contribution in [-0.4, -0.2) is 4.98 Å². The molecule has 3 rings (SSSR count). The Balaban J connectivity index is 2.44. The highest BCUT2D eigenvalue weighted by molar-refractivity contribution is 5.78. The Bertz CT molecular complexity index is 567. The molecule has 0 N–H and O–H groups in total. The van der Waals surface area contributed by atoms with Crippen molar-refractivity contribution < 1.29 is 0 Å². The number of hydrogen-bond acceptors (Lipinski definition) is 1. The van der Waals surface area contributed by atoms with Crippen molar-refractivity contribution in [3.05, 3.63) is 53.2 Å². The molecular formula is C15H15N. The SMILES string of the molecule is Cc1ccnc2c1C(C)(C)c1ccccc1-2. The predicted molar refractivity (Wildman–Crippen MR) is 66.5 cm³/mol. The minimum atomic E-state index is 0.0876. The molecule has 1 heteroatoms. The Morgan fingerprint density at radius 1 is 1.06 bits per heavy atom. The van der Waals surface area contributed by atoms with E-state index in [2.05, 4.69) is 56.1 Å². The molecule has 1 aliphatic carbocycles. The van der Waals surface area contributed by atoms with Crippen LogP contribution in [0.3, 0.4) is 0 Å². The lowest BCUT2D eigenvalue weighted by atomic mass is 9.81. The summed E-state index contributed by atoms with van der Waals surface area (Å²) in [5.74, 6) is 0. The van der Waals surface area contributed by atoms with Crippen LogP contribution < -0.4 is 0 Å². The first kappa shape index (κ1) is 9.59. The van der Waals surface area contributed by atoms with Crippen LogP contribution in [0.25, 0.3) is 11.3 Å². The Morgan fingerprint density at radius 3 is 2.62 bits per heavy atom. The fraction of sp³-hybridized carbons (Fsp3) is 0.267. The van der Waals surface area contributed by atoms with Gasteiger partial charge in [0.05, 0.1) is 5.69 Å². The van der Waals surface area contributed by atoms with Crippen LogP contribution in [0.5, 0.6) is 0 Å². The molecule has 0 bridgehead atoms. The average molecular weight is 209 g/mol. The Morgan fingerprint density at radius 2 is 1.81 bits per heavy atom. The van der Waals surface area contributed by atoms with Crippen molar-refractivity contribution in [1.29, 1.82) is 0 Å². The molecule has 1 aromatic carbocycles. The summed E-state index contributed by atoms with van der Waals surface area (Å²) in [6.45, 7) is 6.74. The Kier molecular flexibility index (Phi) is 1.76. The molecular weight excluding hydrogens is 194 g/mol. The third-order valence-electron chi connectivity index (χ3n) is 3.64. The quantitative estimate of drug-likeness (QED) is 0.644. The Hall–Kier alpha value is -1.63. The van der Waals surface area contributed by atoms with Gasteiger partial charge in [0.2, 0.25) is 0 Å². The number of benzene rings is 1. The fourth-order valence-electron chi connectivity index (χ4n) is 2.92. The van der Waals surface area contributed by atoms with E-state index in [1.54, 1.807) is 0 Å². The number of aryl methyl sites for hydroxylation is 1. The number of hydrogen-bond donors (Lipinski definition) is 0. The summed E-state index contributed by atoms with van der Waals surface area (Å²) in [5, 5.41) is 0. The van der Waals surface area contributed by atoms with Crippen molar-refractivity contribution in [2.24, 2.45) is 0 Å². The molecule has 1 aliphatic rings. The Labute approximate surface area is 96.2 Å². The van der Waals surface area contributed by atoms with Gasteiger partial charge in [0.25, 0.3) is 0 Å². The molecule has 0 aliphatic heterocycles. The van der Waals surface area contributed by atoms with Crippen molar-refractivity contribution in [1.82, 2.24) is 4.98 Å². The second-order valence-corrected chi connectivity index (χ2v) is 5.02. The van der Waals surface area contributed by atoms with E-state index in [1.165, 1.54) is 27.9 Å². The summed E-state index contributed by atoms with van der Waals surface area (Å²) in [5.41, 5.74) is 6.67. The van der Waals surface area contributed by atoms with E-state index < -0.39 is 0 Å². The van der Waals surface area contributed by atoms with Gasteiger partial charge in [-0.05, 0) is 29.7 Å². The van der Waals surface area contributed by atoms with Crippen molar-refractivity contribution in [3.63, 3.8) is 0 Å². The first-order valence-electron chi connectivity index (χ1n) is 5.68.